The average Bonchev–Trinajstić information content (AvgIpc) is 3.00. The van der Waals surface area contributed by atoms with Gasteiger partial charge in [-0.25, -0.2) is 0 Å². The summed E-state index contributed by atoms with van der Waals surface area (Å²) in [5.74, 6) is 1.95. The molecule has 1 aliphatic rings. The van der Waals surface area contributed by atoms with Crippen molar-refractivity contribution >= 4 is 17.1 Å². The molecule has 0 radical (unpaired) electrons. The van der Waals surface area contributed by atoms with Crippen LogP contribution in [0.1, 0.15) is 30.5 Å². The van der Waals surface area contributed by atoms with Gasteiger partial charge in [0.05, 0.1) is 44.0 Å². The monoisotopic (exact) mass is 418 g/mol. The van der Waals surface area contributed by atoms with Gasteiger partial charge in [0.1, 0.15) is 0 Å². The van der Waals surface area contributed by atoms with Crippen LogP contribution in [-0.4, -0.2) is 31.6 Å². The number of fused-ring (bicyclic) bond motifs is 1. The molecule has 2 N–H and O–H groups in total. The molecular weight excluding hydrogens is 392 g/mol. The maximum absolute atomic E-state index is 10.1. The minimum absolute atomic E-state index is 0.0599. The average molecular weight is 418 g/mol. The fourth-order valence-corrected chi connectivity index (χ4v) is 3.73. The first kappa shape index (κ1) is 20.6. The Labute approximate surface area is 182 Å². The number of phenolic OH excluding ortho intramolecular Hbond substituents is 1. The number of hydrogen-bond acceptors (Lipinski definition) is 6. The van der Waals surface area contributed by atoms with Gasteiger partial charge in [0.15, 0.2) is 23.0 Å². The number of aliphatic imine (C=N–C) groups is 1. The third kappa shape index (κ3) is 4.28. The van der Waals surface area contributed by atoms with Crippen LogP contribution in [-0.2, 0) is 0 Å². The molecule has 6 heteroatoms. The molecule has 0 saturated heterocycles. The van der Waals surface area contributed by atoms with Gasteiger partial charge in [-0.3, -0.25) is 4.99 Å². The van der Waals surface area contributed by atoms with Gasteiger partial charge in [0.25, 0.3) is 0 Å². The molecule has 0 aliphatic carbocycles. The van der Waals surface area contributed by atoms with Crippen molar-refractivity contribution in [1.82, 2.24) is 0 Å². The summed E-state index contributed by atoms with van der Waals surface area (Å²) in [4.78, 5) is 4.97. The molecule has 160 valence electrons. The van der Waals surface area contributed by atoms with E-state index < -0.39 is 0 Å². The van der Waals surface area contributed by atoms with Crippen molar-refractivity contribution in [3.63, 3.8) is 0 Å². The van der Waals surface area contributed by atoms with Crippen LogP contribution in [0.2, 0.25) is 0 Å². The van der Waals surface area contributed by atoms with Gasteiger partial charge in [-0.15, -0.1) is 0 Å². The van der Waals surface area contributed by atoms with Gasteiger partial charge in [-0.1, -0.05) is 18.2 Å². The number of aromatic hydroxyl groups is 1. The first-order valence-electron chi connectivity index (χ1n) is 10.2. The number of nitrogens with one attached hydrogen (secondary N) is 1. The maximum Gasteiger partial charge on any atom is 0.161 e. The van der Waals surface area contributed by atoms with Gasteiger partial charge in [0.2, 0.25) is 0 Å². The summed E-state index contributed by atoms with van der Waals surface area (Å²) in [6.07, 6.45) is 0.639. The van der Waals surface area contributed by atoms with E-state index >= 15 is 0 Å². The molecular formula is C25H26N2O4. The predicted molar refractivity (Wildman–Crippen MR) is 122 cm³/mol. The molecule has 4 rings (SSSR count). The van der Waals surface area contributed by atoms with E-state index in [0.29, 0.717) is 30.3 Å². The number of phenols is 1. The van der Waals surface area contributed by atoms with Crippen LogP contribution in [0, 0.1) is 0 Å². The summed E-state index contributed by atoms with van der Waals surface area (Å²) in [6.45, 7) is 2.38. The first-order chi connectivity index (χ1) is 15.1. The van der Waals surface area contributed by atoms with Crippen LogP contribution in [0.3, 0.4) is 0 Å². The smallest absolute Gasteiger partial charge is 0.161 e. The number of hydrogen-bond donors (Lipinski definition) is 2. The van der Waals surface area contributed by atoms with Crippen LogP contribution >= 0.6 is 0 Å². The van der Waals surface area contributed by atoms with Crippen LogP contribution in [0.5, 0.6) is 23.0 Å². The van der Waals surface area contributed by atoms with E-state index in [4.69, 9.17) is 19.2 Å². The number of ether oxygens (including phenoxy) is 3. The molecule has 6 nitrogen and oxygen atoms in total. The Kier molecular flexibility index (Phi) is 5.98. The zero-order valence-electron chi connectivity index (χ0n) is 17.9. The number of benzene rings is 3. The molecule has 0 bridgehead atoms. The number of para-hydroxylation sites is 2. The zero-order chi connectivity index (χ0) is 21.8. The highest BCUT2D eigenvalue weighted by Gasteiger charge is 2.23. The van der Waals surface area contributed by atoms with E-state index in [0.717, 1.165) is 28.2 Å². The molecule has 1 unspecified atom stereocenters. The summed E-state index contributed by atoms with van der Waals surface area (Å²) >= 11 is 0. The molecule has 3 aromatic rings. The Morgan fingerprint density at radius 2 is 1.77 bits per heavy atom. The van der Waals surface area contributed by atoms with Gasteiger partial charge < -0.3 is 24.6 Å². The highest BCUT2D eigenvalue weighted by atomic mass is 16.5. The second-order valence-corrected chi connectivity index (χ2v) is 7.21. The Morgan fingerprint density at radius 3 is 2.55 bits per heavy atom. The van der Waals surface area contributed by atoms with Crippen LogP contribution in [0.4, 0.5) is 11.4 Å². The third-order valence-electron chi connectivity index (χ3n) is 5.29. The quantitative estimate of drug-likeness (QED) is 0.554. The number of methoxy groups -OCH3 is 2. The summed E-state index contributed by atoms with van der Waals surface area (Å²) in [6, 6.07) is 19.2. The van der Waals surface area contributed by atoms with Gasteiger partial charge in [-0.05, 0) is 60.5 Å². The van der Waals surface area contributed by atoms with Crippen molar-refractivity contribution in [2.75, 3.05) is 26.1 Å². The highest BCUT2D eigenvalue weighted by molar-refractivity contribution is 6.04. The fraction of sp³-hybridized carbons (Fsp3) is 0.240. The van der Waals surface area contributed by atoms with Gasteiger partial charge >= 0.3 is 0 Å². The molecule has 0 spiro atoms. The lowest BCUT2D eigenvalue weighted by Gasteiger charge is -2.20. The van der Waals surface area contributed by atoms with Crippen molar-refractivity contribution in [2.24, 2.45) is 4.99 Å². The summed E-state index contributed by atoms with van der Waals surface area (Å²) < 4.78 is 16.5. The molecule has 0 fully saturated rings. The Hall–Kier alpha value is -3.67. The second-order valence-electron chi connectivity index (χ2n) is 7.21. The molecule has 0 aromatic heterocycles. The molecule has 0 saturated carbocycles. The van der Waals surface area contributed by atoms with Gasteiger partial charge in [0, 0.05) is 6.42 Å². The van der Waals surface area contributed by atoms with Gasteiger partial charge in [-0.2, -0.15) is 0 Å². The van der Waals surface area contributed by atoms with E-state index in [-0.39, 0.29) is 11.8 Å². The number of rotatable bonds is 6. The van der Waals surface area contributed by atoms with E-state index in [1.54, 1.807) is 20.3 Å². The summed E-state index contributed by atoms with van der Waals surface area (Å²) in [5.41, 5.74) is 4.72. The maximum atomic E-state index is 10.1. The lowest BCUT2D eigenvalue weighted by molar-refractivity contribution is 0.317. The molecule has 1 atom stereocenters. The largest absolute Gasteiger partial charge is 0.504 e. The predicted octanol–water partition coefficient (Wildman–Crippen LogP) is 5.49. The normalized spacial score (nSPS) is 15.2. The SMILES string of the molecule is CCOc1cc(C2CC(c3ccc(OC)c(OC)c3)=Nc3ccccc3N2)ccc1O. The Balaban J connectivity index is 1.78. The lowest BCUT2D eigenvalue weighted by Crippen LogP contribution is -2.14. The van der Waals surface area contributed by atoms with E-state index in [1.165, 1.54) is 0 Å². The molecule has 0 amide bonds. The van der Waals surface area contributed by atoms with Crippen LogP contribution in [0.15, 0.2) is 65.7 Å². The van der Waals surface area contributed by atoms with Crippen LogP contribution < -0.4 is 19.5 Å². The van der Waals surface area contributed by atoms with E-state index in [9.17, 15) is 5.11 Å². The standard InChI is InChI=1S/C25H26N2O4/c1-4-31-24-13-16(9-11-22(24)28)20-15-21(27-19-8-6-5-7-18(19)26-20)17-10-12-23(29-2)25(14-17)30-3/h5-14,20,26,28H,4,15H2,1-3H3. The Morgan fingerprint density at radius 1 is 0.968 bits per heavy atom. The lowest BCUT2D eigenvalue weighted by atomic mass is 9.96. The minimum atomic E-state index is -0.0599. The Bertz CT molecular complexity index is 1110. The van der Waals surface area contributed by atoms with Crippen molar-refractivity contribution in [1.29, 1.82) is 0 Å². The highest BCUT2D eigenvalue weighted by Crippen LogP contribution is 2.38. The summed E-state index contributed by atoms with van der Waals surface area (Å²) in [7, 11) is 3.25. The molecule has 31 heavy (non-hydrogen) atoms. The van der Waals surface area contributed by atoms with Crippen molar-refractivity contribution in [3.8, 4) is 23.0 Å². The number of nitrogens with zero attached hydrogens (tertiary/aromatic N) is 1. The topological polar surface area (TPSA) is 72.3 Å². The summed E-state index contributed by atoms with van der Waals surface area (Å²) in [5, 5.41) is 13.7. The number of anilines is 1. The minimum Gasteiger partial charge on any atom is -0.504 e. The van der Waals surface area contributed by atoms with E-state index in [2.05, 4.69) is 5.32 Å². The molecule has 3 aromatic carbocycles. The fourth-order valence-electron chi connectivity index (χ4n) is 3.73. The first-order valence-corrected chi connectivity index (χ1v) is 10.2. The molecule has 1 heterocycles. The van der Waals surface area contributed by atoms with Crippen molar-refractivity contribution in [3.05, 3.63) is 71.8 Å². The third-order valence-corrected chi connectivity index (χ3v) is 5.29. The molecule has 1 aliphatic heterocycles. The van der Waals surface area contributed by atoms with Crippen molar-refractivity contribution in [2.45, 2.75) is 19.4 Å². The van der Waals surface area contributed by atoms with Crippen molar-refractivity contribution < 1.29 is 19.3 Å². The van der Waals surface area contributed by atoms with E-state index in [1.807, 2.05) is 61.5 Å². The van der Waals surface area contributed by atoms with Crippen LogP contribution in [0.25, 0.3) is 0 Å². The second kappa shape index (κ2) is 9.00. The zero-order valence-corrected chi connectivity index (χ0v) is 17.9.